The van der Waals surface area contributed by atoms with Crippen molar-refractivity contribution in [3.8, 4) is 0 Å². The third-order valence-electron chi connectivity index (χ3n) is 9.63. The van der Waals surface area contributed by atoms with Crippen LogP contribution in [0.3, 0.4) is 0 Å². The topological polar surface area (TPSA) is 137 Å². The molecule has 2 heterocycles. The summed E-state index contributed by atoms with van der Waals surface area (Å²) in [5.41, 5.74) is -1.70. The molecule has 1 aromatic rings. The molecule has 2 aliphatic carbocycles. The summed E-state index contributed by atoms with van der Waals surface area (Å²) in [7, 11) is 0. The molecule has 0 unspecified atom stereocenters. The molecule has 238 valence electrons. The van der Waals surface area contributed by atoms with E-state index in [0.29, 0.717) is 29.5 Å². The van der Waals surface area contributed by atoms with Crippen molar-refractivity contribution >= 4 is 41.0 Å². The van der Waals surface area contributed by atoms with Gasteiger partial charge in [-0.25, -0.2) is 4.79 Å². The van der Waals surface area contributed by atoms with Crippen molar-refractivity contribution in [3.63, 3.8) is 0 Å². The quantitative estimate of drug-likeness (QED) is 0.346. The molecule has 1 spiro atoms. The van der Waals surface area contributed by atoms with Crippen LogP contribution < -0.4 is 10.6 Å². The fraction of sp³-hybridized carbons (Fsp3) is 0.606. The lowest BCUT2D eigenvalue weighted by Crippen LogP contribution is -2.59. The van der Waals surface area contributed by atoms with Gasteiger partial charge in [0.2, 0.25) is 17.7 Å². The molecule has 5 rings (SSSR count). The minimum absolute atomic E-state index is 0.0491. The van der Waals surface area contributed by atoms with E-state index >= 15 is 0 Å². The van der Waals surface area contributed by atoms with Gasteiger partial charge < -0.3 is 25.5 Å². The summed E-state index contributed by atoms with van der Waals surface area (Å²) in [6.07, 6.45) is 7.95. The number of hydrogen-bond donors (Lipinski definition) is 3. The minimum Gasteiger partial charge on any atom is -0.479 e. The molecule has 1 saturated heterocycles. The molecule has 0 bridgehead atoms. The van der Waals surface area contributed by atoms with Crippen molar-refractivity contribution in [2.45, 2.75) is 102 Å². The molecule has 4 aliphatic rings. The molecule has 1 aromatic carbocycles. The van der Waals surface area contributed by atoms with Crippen LogP contribution in [-0.2, 0) is 24.0 Å². The maximum atomic E-state index is 14.4. The maximum Gasteiger partial charge on any atom is 0.330 e. The number of benzene rings is 1. The first-order chi connectivity index (χ1) is 20.8. The summed E-state index contributed by atoms with van der Waals surface area (Å²) < 4.78 is 0. The van der Waals surface area contributed by atoms with Gasteiger partial charge in [0.15, 0.2) is 5.60 Å². The standard InChI is InChI=1S/C33H43ClN4O6/c1-5-22-16-33(22,30(42)43)36-28(40)25-18-32(17-24(37-44-32)21-12-9-13-23(34)15-21)19-38(25)29(41)27(31(2,3)4)35-26(39)14-20-10-7-6-8-11-20/h5,9,12-13,15,20,22,25,27H,1,6-8,10-11,14,16-19H2,2-4H3,(H,35,39)(H,36,40)(H,42,43)/t22-,25+,27-,32-,33-/m1/s1. The van der Waals surface area contributed by atoms with Gasteiger partial charge in [-0.2, -0.15) is 0 Å². The van der Waals surface area contributed by atoms with Crippen LogP contribution in [0.2, 0.25) is 5.02 Å². The second-order valence-corrected chi connectivity index (χ2v) is 14.5. The molecule has 0 radical (unpaired) electrons. The highest BCUT2D eigenvalue weighted by atomic mass is 35.5. The van der Waals surface area contributed by atoms with Gasteiger partial charge in [0.05, 0.1) is 12.3 Å². The van der Waals surface area contributed by atoms with Gasteiger partial charge in [-0.15, -0.1) is 6.58 Å². The normalized spacial score (nSPS) is 29.0. The van der Waals surface area contributed by atoms with Crippen LogP contribution in [0.5, 0.6) is 0 Å². The minimum atomic E-state index is -1.46. The number of nitrogens with zero attached hydrogens (tertiary/aromatic N) is 2. The van der Waals surface area contributed by atoms with Crippen LogP contribution in [-0.4, -0.2) is 69.2 Å². The fourth-order valence-electron chi connectivity index (χ4n) is 6.96. The van der Waals surface area contributed by atoms with Crippen LogP contribution in [0.4, 0.5) is 0 Å². The Hall–Kier alpha value is -3.40. The number of carboxylic acids is 1. The first-order valence-electron chi connectivity index (χ1n) is 15.6. The van der Waals surface area contributed by atoms with E-state index in [1.807, 2.05) is 32.9 Å². The summed E-state index contributed by atoms with van der Waals surface area (Å²) >= 11 is 6.21. The van der Waals surface area contributed by atoms with Crippen LogP contribution in [0.15, 0.2) is 42.1 Å². The maximum absolute atomic E-state index is 14.4. The lowest BCUT2D eigenvalue weighted by Gasteiger charge is -2.36. The van der Waals surface area contributed by atoms with Gasteiger partial charge in [-0.1, -0.05) is 75.0 Å². The number of amides is 3. The van der Waals surface area contributed by atoms with Gasteiger partial charge in [0.25, 0.3) is 0 Å². The Balaban J connectivity index is 1.40. The lowest BCUT2D eigenvalue weighted by molar-refractivity contribution is -0.147. The molecule has 10 nitrogen and oxygen atoms in total. The summed E-state index contributed by atoms with van der Waals surface area (Å²) in [5, 5.41) is 20.5. The summed E-state index contributed by atoms with van der Waals surface area (Å²) in [5.74, 6) is -2.43. The molecular formula is C33H43ClN4O6. The zero-order valence-electron chi connectivity index (χ0n) is 25.7. The van der Waals surface area contributed by atoms with Crippen molar-refractivity contribution in [1.29, 1.82) is 0 Å². The molecule has 2 aliphatic heterocycles. The predicted octanol–water partition coefficient (Wildman–Crippen LogP) is 4.45. The van der Waals surface area contributed by atoms with Crippen molar-refractivity contribution < 1.29 is 29.1 Å². The molecule has 3 fully saturated rings. The number of halogens is 1. The summed E-state index contributed by atoms with van der Waals surface area (Å²) in [4.78, 5) is 61.1. The number of carbonyl (C=O) groups is 4. The van der Waals surface area contributed by atoms with E-state index in [9.17, 15) is 24.3 Å². The Morgan fingerprint density at radius 1 is 1.20 bits per heavy atom. The highest BCUT2D eigenvalue weighted by Crippen LogP contribution is 2.46. The lowest BCUT2D eigenvalue weighted by atomic mass is 9.84. The van der Waals surface area contributed by atoms with Crippen molar-refractivity contribution in [2.24, 2.45) is 22.4 Å². The zero-order valence-corrected chi connectivity index (χ0v) is 26.5. The van der Waals surface area contributed by atoms with Crippen molar-refractivity contribution in [1.82, 2.24) is 15.5 Å². The molecule has 3 N–H and O–H groups in total. The smallest absolute Gasteiger partial charge is 0.330 e. The number of carboxylic acid groups (broad SMARTS) is 1. The molecule has 0 aromatic heterocycles. The number of nitrogens with one attached hydrogen (secondary N) is 2. The molecule has 5 atom stereocenters. The monoisotopic (exact) mass is 626 g/mol. The van der Waals surface area contributed by atoms with Gasteiger partial charge in [0.1, 0.15) is 17.6 Å². The zero-order chi connectivity index (χ0) is 31.9. The first-order valence-corrected chi connectivity index (χ1v) is 15.9. The molecule has 2 saturated carbocycles. The Kier molecular flexibility index (Phi) is 8.86. The highest BCUT2D eigenvalue weighted by molar-refractivity contribution is 6.31. The average Bonchev–Trinajstić information content (AvgIpc) is 3.34. The molecular weight excluding hydrogens is 584 g/mol. The SMILES string of the molecule is C=C[C@@H]1C[C@]1(NC(=O)[C@@H]1C[C@]2(CC(c3cccc(Cl)c3)=NO2)CN1C(=O)[C@@H](NC(=O)CC1CCCCC1)C(C)(C)C)C(=O)O. The molecule has 11 heteroatoms. The van der Waals surface area contributed by atoms with Gasteiger partial charge in [-0.05, 0) is 42.7 Å². The Bertz CT molecular complexity index is 1370. The van der Waals surface area contributed by atoms with Gasteiger partial charge >= 0.3 is 5.97 Å². The van der Waals surface area contributed by atoms with Crippen LogP contribution in [0.1, 0.15) is 84.1 Å². The summed E-state index contributed by atoms with van der Waals surface area (Å²) in [6.45, 7) is 9.39. The van der Waals surface area contributed by atoms with E-state index in [4.69, 9.17) is 16.4 Å². The number of likely N-dealkylation sites (tertiary alicyclic amines) is 1. The Morgan fingerprint density at radius 3 is 2.55 bits per heavy atom. The average molecular weight is 627 g/mol. The van der Waals surface area contributed by atoms with Gasteiger partial charge in [0, 0.05) is 35.8 Å². The Labute approximate surface area is 263 Å². The third-order valence-corrected chi connectivity index (χ3v) is 9.86. The van der Waals surface area contributed by atoms with Crippen molar-refractivity contribution in [2.75, 3.05) is 6.54 Å². The number of aliphatic carboxylic acids is 1. The summed E-state index contributed by atoms with van der Waals surface area (Å²) in [6, 6.07) is 5.28. The molecule has 3 amide bonds. The van der Waals surface area contributed by atoms with E-state index in [0.717, 1.165) is 31.2 Å². The van der Waals surface area contributed by atoms with E-state index in [-0.39, 0.29) is 25.3 Å². The van der Waals surface area contributed by atoms with Crippen LogP contribution >= 0.6 is 11.6 Å². The predicted molar refractivity (Wildman–Crippen MR) is 166 cm³/mol. The first kappa shape index (κ1) is 32.0. The van der Waals surface area contributed by atoms with Crippen LogP contribution in [0.25, 0.3) is 0 Å². The second-order valence-electron chi connectivity index (χ2n) is 14.1. The largest absolute Gasteiger partial charge is 0.479 e. The second kappa shape index (κ2) is 12.2. The van der Waals surface area contributed by atoms with Crippen molar-refractivity contribution in [3.05, 3.63) is 47.5 Å². The Morgan fingerprint density at radius 2 is 1.93 bits per heavy atom. The number of rotatable bonds is 9. The number of oxime groups is 1. The van der Waals surface area contributed by atoms with Crippen LogP contribution in [0, 0.1) is 17.3 Å². The number of carbonyl (C=O) groups excluding carboxylic acids is 3. The van der Waals surface area contributed by atoms with E-state index in [1.54, 1.807) is 12.1 Å². The highest BCUT2D eigenvalue weighted by Gasteiger charge is 2.62. The van der Waals surface area contributed by atoms with E-state index < -0.39 is 52.3 Å². The van der Waals surface area contributed by atoms with Gasteiger partial charge in [-0.3, -0.25) is 14.4 Å². The van der Waals surface area contributed by atoms with E-state index in [1.165, 1.54) is 17.4 Å². The van der Waals surface area contributed by atoms with E-state index in [2.05, 4.69) is 22.4 Å². The molecule has 44 heavy (non-hydrogen) atoms. The number of hydrogen-bond acceptors (Lipinski definition) is 6. The third kappa shape index (κ3) is 6.50. The fourth-order valence-corrected chi connectivity index (χ4v) is 7.15.